The molecule has 0 amide bonds. The average molecular weight is 402 g/mol. The van der Waals surface area contributed by atoms with Crippen molar-refractivity contribution in [2.24, 2.45) is 4.99 Å². The van der Waals surface area contributed by atoms with Gasteiger partial charge < -0.3 is 20.1 Å². The van der Waals surface area contributed by atoms with E-state index < -0.39 is 0 Å². The van der Waals surface area contributed by atoms with Crippen molar-refractivity contribution < 1.29 is 9.47 Å². The van der Waals surface area contributed by atoms with Gasteiger partial charge in [0.2, 0.25) is 0 Å². The lowest BCUT2D eigenvalue weighted by molar-refractivity contribution is 0.225. The second-order valence-electron chi connectivity index (χ2n) is 7.30. The third kappa shape index (κ3) is 4.92. The second kappa shape index (κ2) is 9.35. The van der Waals surface area contributed by atoms with Crippen molar-refractivity contribution in [2.75, 3.05) is 25.5 Å². The topological polar surface area (TPSA) is 54.9 Å². The largest absolute Gasteiger partial charge is 0.497 e. The molecule has 1 unspecified atom stereocenters. The minimum Gasteiger partial charge on any atom is -0.497 e. The summed E-state index contributed by atoms with van der Waals surface area (Å²) < 4.78 is 11.6. The standard InChI is InChI=1S/C25H27N3O2/c1-18(20-9-13-23(29-2)14-10-20)30-24-6-4-3-5-21(24)17-19-7-11-22(12-8-19)28-25-26-15-16-27-25/h3-14,18H,15-17H2,1-2H3,(H2,26,27,28). The van der Waals surface area contributed by atoms with E-state index in [0.29, 0.717) is 0 Å². The molecule has 3 aromatic rings. The van der Waals surface area contributed by atoms with Gasteiger partial charge in [0.1, 0.15) is 17.6 Å². The van der Waals surface area contributed by atoms with Gasteiger partial charge >= 0.3 is 0 Å². The summed E-state index contributed by atoms with van der Waals surface area (Å²) in [5.74, 6) is 2.60. The van der Waals surface area contributed by atoms with Gasteiger partial charge in [-0.25, -0.2) is 0 Å². The minimum atomic E-state index is -0.0525. The van der Waals surface area contributed by atoms with Gasteiger partial charge in [0.25, 0.3) is 0 Å². The number of para-hydroxylation sites is 1. The number of anilines is 1. The maximum atomic E-state index is 6.31. The Morgan fingerprint density at radius 3 is 2.47 bits per heavy atom. The van der Waals surface area contributed by atoms with Crippen LogP contribution in [0.2, 0.25) is 0 Å². The molecule has 0 spiro atoms. The van der Waals surface area contributed by atoms with Crippen molar-refractivity contribution >= 4 is 11.6 Å². The molecule has 5 heteroatoms. The number of ether oxygens (including phenoxy) is 2. The van der Waals surface area contributed by atoms with Crippen molar-refractivity contribution in [3.8, 4) is 11.5 Å². The highest BCUT2D eigenvalue weighted by atomic mass is 16.5. The van der Waals surface area contributed by atoms with Crippen LogP contribution in [0.15, 0.2) is 77.8 Å². The lowest BCUT2D eigenvalue weighted by atomic mass is 10.0. The van der Waals surface area contributed by atoms with Gasteiger partial charge in [-0.05, 0) is 53.9 Å². The summed E-state index contributed by atoms with van der Waals surface area (Å²) >= 11 is 0. The van der Waals surface area contributed by atoms with Crippen molar-refractivity contribution in [1.29, 1.82) is 0 Å². The van der Waals surface area contributed by atoms with E-state index in [-0.39, 0.29) is 6.10 Å². The van der Waals surface area contributed by atoms with Crippen molar-refractivity contribution in [3.05, 3.63) is 89.5 Å². The average Bonchev–Trinajstić information content (AvgIpc) is 3.29. The van der Waals surface area contributed by atoms with Crippen LogP contribution in [-0.2, 0) is 6.42 Å². The summed E-state index contributed by atoms with van der Waals surface area (Å²) in [5, 5.41) is 6.52. The predicted molar refractivity (Wildman–Crippen MR) is 122 cm³/mol. The van der Waals surface area contributed by atoms with E-state index >= 15 is 0 Å². The number of methoxy groups -OCH3 is 1. The Balaban J connectivity index is 1.43. The van der Waals surface area contributed by atoms with Gasteiger partial charge in [-0.3, -0.25) is 4.99 Å². The van der Waals surface area contributed by atoms with Crippen molar-refractivity contribution in [2.45, 2.75) is 19.4 Å². The zero-order valence-electron chi connectivity index (χ0n) is 17.4. The number of guanidine groups is 1. The fourth-order valence-corrected chi connectivity index (χ4v) is 3.44. The molecular formula is C25H27N3O2. The fraction of sp³-hybridized carbons (Fsp3) is 0.240. The summed E-state index contributed by atoms with van der Waals surface area (Å²) in [6, 6.07) is 24.7. The van der Waals surface area contributed by atoms with Gasteiger partial charge in [-0.2, -0.15) is 0 Å². The van der Waals surface area contributed by atoms with E-state index in [9.17, 15) is 0 Å². The van der Waals surface area contributed by atoms with E-state index in [1.165, 1.54) is 11.1 Å². The Morgan fingerprint density at radius 2 is 1.77 bits per heavy atom. The van der Waals surface area contributed by atoms with Crippen LogP contribution in [0.1, 0.15) is 29.7 Å². The SMILES string of the molecule is COc1ccc(C(C)Oc2ccccc2Cc2ccc(NC3=NCCN3)cc2)cc1. The molecule has 4 rings (SSSR count). The normalized spacial score (nSPS) is 13.9. The number of hydrogen-bond acceptors (Lipinski definition) is 5. The van der Waals surface area contributed by atoms with Gasteiger partial charge in [0, 0.05) is 18.7 Å². The molecule has 0 aromatic heterocycles. The molecule has 0 aliphatic carbocycles. The van der Waals surface area contributed by atoms with Crippen LogP contribution in [0.3, 0.4) is 0 Å². The van der Waals surface area contributed by atoms with Crippen LogP contribution in [0.4, 0.5) is 5.69 Å². The van der Waals surface area contributed by atoms with Crippen LogP contribution < -0.4 is 20.1 Å². The van der Waals surface area contributed by atoms with E-state index in [0.717, 1.165) is 48.2 Å². The summed E-state index contributed by atoms with van der Waals surface area (Å²) in [6.45, 7) is 3.79. The Labute approximate surface area is 177 Å². The first-order valence-electron chi connectivity index (χ1n) is 10.2. The van der Waals surface area contributed by atoms with E-state index in [1.54, 1.807) is 7.11 Å². The highest BCUT2D eigenvalue weighted by Gasteiger charge is 2.11. The molecule has 154 valence electrons. The molecule has 5 nitrogen and oxygen atoms in total. The van der Waals surface area contributed by atoms with Crippen LogP contribution in [0.25, 0.3) is 0 Å². The zero-order valence-corrected chi connectivity index (χ0v) is 17.4. The number of nitrogens with one attached hydrogen (secondary N) is 2. The minimum absolute atomic E-state index is 0.0525. The van der Waals surface area contributed by atoms with Gasteiger partial charge in [-0.1, -0.05) is 42.5 Å². The zero-order chi connectivity index (χ0) is 20.8. The molecule has 1 aliphatic heterocycles. The Morgan fingerprint density at radius 1 is 1.00 bits per heavy atom. The number of hydrogen-bond donors (Lipinski definition) is 2. The van der Waals surface area contributed by atoms with Crippen molar-refractivity contribution in [1.82, 2.24) is 5.32 Å². The number of benzene rings is 3. The molecule has 0 bridgehead atoms. The Bertz CT molecular complexity index is 998. The third-order valence-corrected chi connectivity index (χ3v) is 5.15. The fourth-order valence-electron chi connectivity index (χ4n) is 3.44. The van der Waals surface area contributed by atoms with Crippen molar-refractivity contribution in [3.63, 3.8) is 0 Å². The monoisotopic (exact) mass is 401 g/mol. The second-order valence-corrected chi connectivity index (χ2v) is 7.30. The predicted octanol–water partition coefficient (Wildman–Crippen LogP) is 4.80. The van der Waals surface area contributed by atoms with Crippen LogP contribution in [-0.4, -0.2) is 26.2 Å². The van der Waals surface area contributed by atoms with Crippen LogP contribution in [0, 0.1) is 0 Å². The third-order valence-electron chi connectivity index (χ3n) is 5.15. The quantitative estimate of drug-likeness (QED) is 0.597. The van der Waals surface area contributed by atoms with Crippen LogP contribution >= 0.6 is 0 Å². The van der Waals surface area contributed by atoms with Crippen LogP contribution in [0.5, 0.6) is 11.5 Å². The first kappa shape index (κ1) is 19.8. The number of rotatable bonds is 7. The lowest BCUT2D eigenvalue weighted by Crippen LogP contribution is -2.26. The molecule has 3 aromatic carbocycles. The lowest BCUT2D eigenvalue weighted by Gasteiger charge is -2.18. The molecule has 0 radical (unpaired) electrons. The first-order chi connectivity index (χ1) is 14.7. The summed E-state index contributed by atoms with van der Waals surface area (Å²) in [4.78, 5) is 4.37. The van der Waals surface area contributed by atoms with Gasteiger partial charge in [0.05, 0.1) is 13.7 Å². The van der Waals surface area contributed by atoms with Gasteiger partial charge in [-0.15, -0.1) is 0 Å². The van der Waals surface area contributed by atoms with Gasteiger partial charge in [0.15, 0.2) is 5.96 Å². The molecule has 0 saturated heterocycles. The maximum Gasteiger partial charge on any atom is 0.195 e. The highest BCUT2D eigenvalue weighted by molar-refractivity contribution is 5.94. The summed E-state index contributed by atoms with van der Waals surface area (Å²) in [7, 11) is 1.67. The molecule has 0 fully saturated rings. The summed E-state index contributed by atoms with van der Waals surface area (Å²) in [6.07, 6.45) is 0.758. The van der Waals surface area contributed by atoms with E-state index in [2.05, 4.69) is 58.9 Å². The number of nitrogens with zero attached hydrogens (tertiary/aromatic N) is 1. The Hall–Kier alpha value is -3.47. The van der Waals surface area contributed by atoms with E-state index in [4.69, 9.17) is 9.47 Å². The molecule has 1 aliphatic rings. The molecule has 30 heavy (non-hydrogen) atoms. The van der Waals surface area contributed by atoms with E-state index in [1.807, 2.05) is 36.4 Å². The highest BCUT2D eigenvalue weighted by Crippen LogP contribution is 2.28. The molecular weight excluding hydrogens is 374 g/mol. The molecule has 1 atom stereocenters. The number of aliphatic imine (C=N–C) groups is 1. The molecule has 0 saturated carbocycles. The summed E-state index contributed by atoms with van der Waals surface area (Å²) in [5.41, 5.74) is 4.55. The first-order valence-corrected chi connectivity index (χ1v) is 10.2. The maximum absolute atomic E-state index is 6.31. The smallest absolute Gasteiger partial charge is 0.195 e. The molecule has 2 N–H and O–H groups in total. The Kier molecular flexibility index (Phi) is 6.18. The molecule has 1 heterocycles.